The summed E-state index contributed by atoms with van der Waals surface area (Å²) in [7, 11) is 0. The van der Waals surface area contributed by atoms with Gasteiger partial charge >= 0.3 is 11.7 Å². The van der Waals surface area contributed by atoms with Gasteiger partial charge in [-0.1, -0.05) is 0 Å². The van der Waals surface area contributed by atoms with Gasteiger partial charge in [0.05, 0.1) is 10.2 Å². The van der Waals surface area contributed by atoms with Crippen LogP contribution in [0.3, 0.4) is 0 Å². The van der Waals surface area contributed by atoms with Crippen molar-refractivity contribution in [3.05, 3.63) is 20.2 Å². The molecule has 70 valence electrons. The van der Waals surface area contributed by atoms with Crippen molar-refractivity contribution in [1.29, 1.82) is 0 Å². The van der Waals surface area contributed by atoms with E-state index < -0.39 is 21.5 Å². The van der Waals surface area contributed by atoms with Gasteiger partial charge in [0, 0.05) is 0 Å². The van der Waals surface area contributed by atoms with Gasteiger partial charge in [0.1, 0.15) is 0 Å². The molecule has 0 spiro atoms. The second-order valence-corrected chi connectivity index (χ2v) is 2.26. The van der Waals surface area contributed by atoms with Gasteiger partial charge < -0.3 is 20.2 Å². The fraction of sp³-hybridized carbons (Fsp3) is 0. The van der Waals surface area contributed by atoms with Crippen LogP contribution in [0.1, 0.15) is 0 Å². The molecule has 0 amide bonds. The molecule has 10 heteroatoms. The molecule has 2 aliphatic heterocycles. The van der Waals surface area contributed by atoms with E-state index in [-0.39, 0.29) is 11.4 Å². The Hall–Kier alpha value is -2.52. The summed E-state index contributed by atoms with van der Waals surface area (Å²) in [6.07, 6.45) is 0. The molecule has 14 heavy (non-hydrogen) atoms. The lowest BCUT2D eigenvalue weighted by molar-refractivity contribution is -0.346. The minimum absolute atomic E-state index is 0.262. The molecule has 0 unspecified atom stereocenters. The number of nitro groups is 2. The molecule has 0 bridgehead atoms. The SMILES string of the molecule is O=[N+]([O-])C1=NN=C2C1=NN=C2[N+](=O)[O-]. The molecular weight excluding hydrogens is 196 g/mol. The summed E-state index contributed by atoms with van der Waals surface area (Å²) in [4.78, 5) is 19.0. The van der Waals surface area contributed by atoms with Crippen LogP contribution in [0, 0.1) is 20.2 Å². The Balaban J connectivity index is 2.35. The lowest BCUT2D eigenvalue weighted by Gasteiger charge is -1.89. The predicted molar refractivity (Wildman–Crippen MR) is 43.7 cm³/mol. The van der Waals surface area contributed by atoms with Gasteiger partial charge in [0.2, 0.25) is 11.4 Å². The largest absolute Gasteiger partial charge is 0.423 e. The van der Waals surface area contributed by atoms with Crippen LogP contribution in [0.5, 0.6) is 0 Å². The number of amidine groups is 2. The van der Waals surface area contributed by atoms with Crippen LogP contribution in [0.25, 0.3) is 0 Å². The van der Waals surface area contributed by atoms with E-state index in [0.717, 1.165) is 0 Å². The van der Waals surface area contributed by atoms with Gasteiger partial charge in [0.25, 0.3) is 0 Å². The van der Waals surface area contributed by atoms with Gasteiger partial charge in [-0.2, -0.15) is 0 Å². The molecule has 0 aromatic heterocycles. The Bertz CT molecular complexity index is 426. The summed E-state index contributed by atoms with van der Waals surface area (Å²) in [5.74, 6) is -1.25. The molecule has 0 radical (unpaired) electrons. The zero-order chi connectivity index (χ0) is 10.3. The summed E-state index contributed by atoms with van der Waals surface area (Å²) in [6, 6.07) is 0. The number of rotatable bonds is 0. The second kappa shape index (κ2) is 2.48. The fourth-order valence-corrected chi connectivity index (χ4v) is 0.931. The van der Waals surface area contributed by atoms with Gasteiger partial charge in [-0.05, 0) is 20.0 Å². The fourth-order valence-electron chi connectivity index (χ4n) is 0.931. The van der Waals surface area contributed by atoms with Crippen molar-refractivity contribution in [3.63, 3.8) is 0 Å². The van der Waals surface area contributed by atoms with E-state index in [1.54, 1.807) is 0 Å². The van der Waals surface area contributed by atoms with Crippen molar-refractivity contribution in [2.75, 3.05) is 0 Å². The summed E-state index contributed by atoms with van der Waals surface area (Å²) >= 11 is 0. The summed E-state index contributed by atoms with van der Waals surface area (Å²) < 4.78 is 0. The third-order valence-electron chi connectivity index (χ3n) is 1.48. The average Bonchev–Trinajstić information content (AvgIpc) is 2.59. The van der Waals surface area contributed by atoms with Crippen molar-refractivity contribution < 1.29 is 9.85 Å². The van der Waals surface area contributed by atoms with Crippen molar-refractivity contribution >= 4 is 23.1 Å². The van der Waals surface area contributed by atoms with E-state index in [1.807, 2.05) is 0 Å². The molecule has 10 nitrogen and oxygen atoms in total. The highest BCUT2D eigenvalue weighted by Gasteiger charge is 2.46. The number of hydrogen-bond donors (Lipinski definition) is 0. The molecule has 0 saturated carbocycles. The van der Waals surface area contributed by atoms with E-state index >= 15 is 0 Å². The lowest BCUT2D eigenvalue weighted by atomic mass is 10.2. The smallest absolute Gasteiger partial charge is 0.358 e. The van der Waals surface area contributed by atoms with Crippen LogP contribution in [-0.4, -0.2) is 32.9 Å². The Morgan fingerprint density at radius 3 is 1.43 bits per heavy atom. The van der Waals surface area contributed by atoms with Crippen molar-refractivity contribution in [3.8, 4) is 0 Å². The Morgan fingerprint density at radius 2 is 1.14 bits per heavy atom. The first-order valence-corrected chi connectivity index (χ1v) is 3.22. The third kappa shape index (κ3) is 0.903. The zero-order valence-corrected chi connectivity index (χ0v) is 6.32. The van der Waals surface area contributed by atoms with Crippen LogP contribution in [0.2, 0.25) is 0 Å². The third-order valence-corrected chi connectivity index (χ3v) is 1.48. The standard InChI is InChI=1S/C4N6O4/c11-9(12)3-1-2(6-7-3)4(8-5-1)10(13)14. The first kappa shape index (κ1) is 8.10. The normalized spacial score (nSPS) is 18.0. The minimum Gasteiger partial charge on any atom is -0.358 e. The monoisotopic (exact) mass is 196 g/mol. The minimum atomic E-state index is -0.826. The molecule has 0 fully saturated rings. The van der Waals surface area contributed by atoms with Crippen LogP contribution >= 0.6 is 0 Å². The second-order valence-electron chi connectivity index (χ2n) is 2.26. The average molecular weight is 196 g/mol. The summed E-state index contributed by atoms with van der Waals surface area (Å²) in [5, 5.41) is 33.5. The molecule has 0 saturated heterocycles. The van der Waals surface area contributed by atoms with E-state index in [9.17, 15) is 20.2 Å². The van der Waals surface area contributed by atoms with Gasteiger partial charge in [-0.3, -0.25) is 0 Å². The maximum atomic E-state index is 10.3. The highest BCUT2D eigenvalue weighted by atomic mass is 16.6. The van der Waals surface area contributed by atoms with Crippen molar-refractivity contribution in [1.82, 2.24) is 0 Å². The Kier molecular flexibility index (Phi) is 1.44. The molecule has 0 N–H and O–H groups in total. The quantitative estimate of drug-likeness (QED) is 0.365. The summed E-state index contributed by atoms with van der Waals surface area (Å²) in [5.41, 5.74) is -0.525. The molecule has 0 atom stereocenters. The Morgan fingerprint density at radius 1 is 0.786 bits per heavy atom. The van der Waals surface area contributed by atoms with Crippen molar-refractivity contribution in [2.24, 2.45) is 20.4 Å². The molecule has 2 aliphatic rings. The van der Waals surface area contributed by atoms with Gasteiger partial charge in [-0.25, -0.2) is 0 Å². The van der Waals surface area contributed by atoms with Crippen LogP contribution in [0.15, 0.2) is 20.4 Å². The molecule has 0 aliphatic carbocycles. The number of nitrogens with zero attached hydrogens (tertiary/aromatic N) is 6. The van der Waals surface area contributed by atoms with Gasteiger partial charge in [-0.15, -0.1) is 0 Å². The molecule has 2 heterocycles. The highest BCUT2D eigenvalue weighted by Crippen LogP contribution is 2.10. The highest BCUT2D eigenvalue weighted by molar-refractivity contribution is 6.82. The topological polar surface area (TPSA) is 136 Å². The van der Waals surface area contributed by atoms with Crippen molar-refractivity contribution in [2.45, 2.75) is 0 Å². The zero-order valence-electron chi connectivity index (χ0n) is 6.32. The predicted octanol–water partition coefficient (Wildman–Crippen LogP) is -0.924. The molecular formula is C4N6O4. The van der Waals surface area contributed by atoms with E-state index in [4.69, 9.17) is 0 Å². The number of fused-ring (bicyclic) bond motifs is 1. The molecule has 0 aromatic rings. The lowest BCUT2D eigenvalue weighted by Crippen LogP contribution is -2.31. The Labute approximate surface area is 74.6 Å². The van der Waals surface area contributed by atoms with E-state index in [1.165, 1.54) is 0 Å². The summed E-state index contributed by atoms with van der Waals surface area (Å²) in [6.45, 7) is 0. The van der Waals surface area contributed by atoms with Crippen LogP contribution in [0.4, 0.5) is 0 Å². The number of hydrogen-bond acceptors (Lipinski definition) is 8. The van der Waals surface area contributed by atoms with E-state index in [0.29, 0.717) is 0 Å². The first-order chi connectivity index (χ1) is 6.61. The molecule has 2 rings (SSSR count). The maximum Gasteiger partial charge on any atom is 0.423 e. The van der Waals surface area contributed by atoms with Crippen LogP contribution in [-0.2, 0) is 0 Å². The maximum absolute atomic E-state index is 10.3. The van der Waals surface area contributed by atoms with Gasteiger partial charge in [0.15, 0.2) is 0 Å². The first-order valence-electron chi connectivity index (χ1n) is 3.22. The van der Waals surface area contributed by atoms with E-state index in [2.05, 4.69) is 20.4 Å². The molecule has 0 aromatic carbocycles. The van der Waals surface area contributed by atoms with Crippen LogP contribution < -0.4 is 0 Å².